The number of hydrogen-bond donors (Lipinski definition) is 2. The normalized spacial score (nSPS) is 11.2. The number of carbonyl (C=O) groups excluding carboxylic acids is 1. The lowest BCUT2D eigenvalue weighted by atomic mass is 10.3. The summed E-state index contributed by atoms with van der Waals surface area (Å²) in [6, 6.07) is 22.6. The average molecular weight is 585 g/mol. The molecule has 0 aromatic heterocycles. The first-order chi connectivity index (χ1) is 19.1. The van der Waals surface area contributed by atoms with E-state index in [1.807, 2.05) is 0 Å². The van der Waals surface area contributed by atoms with Gasteiger partial charge in [0.15, 0.2) is 0 Å². The Bertz CT molecular complexity index is 1580. The summed E-state index contributed by atoms with van der Waals surface area (Å²) in [6.45, 7) is 0. The number of nitrogens with one attached hydrogen (secondary N) is 2. The number of amides is 2. The maximum absolute atomic E-state index is 12.5. The molecule has 0 atom stereocenters. The van der Waals surface area contributed by atoms with Gasteiger partial charge in [-0.2, -0.15) is 16.8 Å². The monoisotopic (exact) mass is 584 g/mol. The van der Waals surface area contributed by atoms with Crippen molar-refractivity contribution in [2.75, 3.05) is 24.9 Å². The fraction of sp³-hybridized carbons (Fsp3) is 0.0741. The highest BCUT2D eigenvalue weighted by Gasteiger charge is 2.19. The standard InChI is InChI=1S/C27H24N2O9S2/c1-35-23-5-3-7-25(17-23)39(31,32)37-21-13-9-19(10-14-21)28-27(30)29-20-11-15-22(16-12-20)38-40(33,34)26-8-4-6-24(18-26)36-2/h3-18H,1-2H3,(H2,28,29,30). The zero-order valence-corrected chi connectivity index (χ0v) is 22.9. The van der Waals surface area contributed by atoms with Gasteiger partial charge in [0.25, 0.3) is 0 Å². The van der Waals surface area contributed by atoms with Crippen LogP contribution in [0.25, 0.3) is 0 Å². The van der Waals surface area contributed by atoms with E-state index < -0.39 is 26.3 Å². The highest BCUT2D eigenvalue weighted by molar-refractivity contribution is 7.87. The minimum Gasteiger partial charge on any atom is -0.497 e. The Hall–Kier alpha value is -4.75. The zero-order valence-electron chi connectivity index (χ0n) is 21.2. The molecule has 2 amide bonds. The molecule has 11 nitrogen and oxygen atoms in total. The number of carbonyl (C=O) groups is 1. The minimum atomic E-state index is -4.09. The van der Waals surface area contributed by atoms with Crippen LogP contribution in [0.4, 0.5) is 16.2 Å². The van der Waals surface area contributed by atoms with Crippen molar-refractivity contribution in [3.8, 4) is 23.0 Å². The van der Waals surface area contributed by atoms with Crippen LogP contribution in [-0.4, -0.2) is 37.1 Å². The molecule has 0 aliphatic heterocycles. The number of methoxy groups -OCH3 is 2. The van der Waals surface area contributed by atoms with E-state index in [4.69, 9.17) is 17.8 Å². The molecule has 0 aliphatic rings. The van der Waals surface area contributed by atoms with Gasteiger partial charge in [0, 0.05) is 23.5 Å². The van der Waals surface area contributed by atoms with Crippen LogP contribution in [0.2, 0.25) is 0 Å². The summed E-state index contributed by atoms with van der Waals surface area (Å²) in [6.07, 6.45) is 0. The quantitative estimate of drug-likeness (QED) is 0.249. The fourth-order valence-electron chi connectivity index (χ4n) is 3.34. The summed E-state index contributed by atoms with van der Waals surface area (Å²) in [5.74, 6) is 0.841. The highest BCUT2D eigenvalue weighted by atomic mass is 32.2. The predicted octanol–water partition coefficient (Wildman–Crippen LogP) is 4.88. The van der Waals surface area contributed by atoms with E-state index in [9.17, 15) is 21.6 Å². The number of anilines is 2. The van der Waals surface area contributed by atoms with Crippen LogP contribution in [0.15, 0.2) is 107 Å². The van der Waals surface area contributed by atoms with Crippen LogP contribution in [0.5, 0.6) is 23.0 Å². The molecule has 0 heterocycles. The van der Waals surface area contributed by atoms with Crippen molar-refractivity contribution in [2.45, 2.75) is 9.79 Å². The third-order valence-corrected chi connectivity index (χ3v) is 7.78. The van der Waals surface area contributed by atoms with Crippen molar-refractivity contribution >= 4 is 37.6 Å². The van der Waals surface area contributed by atoms with Gasteiger partial charge in [-0.1, -0.05) is 12.1 Å². The van der Waals surface area contributed by atoms with Crippen molar-refractivity contribution < 1.29 is 39.5 Å². The lowest BCUT2D eigenvalue weighted by Crippen LogP contribution is -2.19. The first-order valence-electron chi connectivity index (χ1n) is 11.5. The molecule has 0 saturated heterocycles. The van der Waals surface area contributed by atoms with Gasteiger partial charge in [0.1, 0.15) is 32.8 Å². The van der Waals surface area contributed by atoms with Crippen molar-refractivity contribution in [3.05, 3.63) is 97.1 Å². The SMILES string of the molecule is COc1cccc(S(=O)(=O)Oc2ccc(NC(=O)Nc3ccc(OS(=O)(=O)c4cccc(OC)c4)cc3)cc2)c1. The molecular formula is C27H24N2O9S2. The van der Waals surface area contributed by atoms with Crippen molar-refractivity contribution in [1.29, 1.82) is 0 Å². The second kappa shape index (κ2) is 12.0. The van der Waals surface area contributed by atoms with Crippen LogP contribution in [0.1, 0.15) is 0 Å². The molecule has 208 valence electrons. The second-order valence-corrected chi connectivity index (χ2v) is 11.2. The van der Waals surface area contributed by atoms with Gasteiger partial charge in [-0.3, -0.25) is 0 Å². The zero-order chi connectivity index (χ0) is 28.8. The Kier molecular flexibility index (Phi) is 8.46. The lowest BCUT2D eigenvalue weighted by molar-refractivity contribution is 0.262. The van der Waals surface area contributed by atoms with Crippen molar-refractivity contribution in [2.24, 2.45) is 0 Å². The van der Waals surface area contributed by atoms with Gasteiger partial charge in [0.05, 0.1) is 14.2 Å². The summed E-state index contributed by atoms with van der Waals surface area (Å²) in [7, 11) is -5.33. The summed E-state index contributed by atoms with van der Waals surface area (Å²) in [5, 5.41) is 5.20. The molecule has 0 radical (unpaired) electrons. The third kappa shape index (κ3) is 7.21. The highest BCUT2D eigenvalue weighted by Crippen LogP contribution is 2.25. The topological polar surface area (TPSA) is 146 Å². The first-order valence-corrected chi connectivity index (χ1v) is 14.3. The van der Waals surface area contributed by atoms with E-state index in [0.717, 1.165) is 0 Å². The van der Waals surface area contributed by atoms with Crippen LogP contribution in [0, 0.1) is 0 Å². The summed E-state index contributed by atoms with van der Waals surface area (Å²) in [4.78, 5) is 12.3. The van der Waals surface area contributed by atoms with Crippen LogP contribution in [0.3, 0.4) is 0 Å². The van der Waals surface area contributed by atoms with Crippen LogP contribution < -0.4 is 28.5 Å². The van der Waals surface area contributed by atoms with Gasteiger partial charge >= 0.3 is 26.3 Å². The smallest absolute Gasteiger partial charge is 0.339 e. The molecule has 0 aliphatic carbocycles. The number of benzene rings is 4. The Morgan fingerprint density at radius 2 is 0.925 bits per heavy atom. The molecule has 0 spiro atoms. The number of rotatable bonds is 10. The number of ether oxygens (including phenoxy) is 2. The molecule has 0 bridgehead atoms. The van der Waals surface area contributed by atoms with Crippen molar-refractivity contribution in [1.82, 2.24) is 0 Å². The molecule has 0 saturated carbocycles. The first kappa shape index (κ1) is 28.3. The summed E-state index contributed by atoms with van der Waals surface area (Å²) < 4.78 is 70.5. The van der Waals surface area contributed by atoms with E-state index in [1.54, 1.807) is 12.1 Å². The third-order valence-electron chi connectivity index (χ3n) is 5.30. The van der Waals surface area contributed by atoms with Gasteiger partial charge in [-0.15, -0.1) is 0 Å². The van der Waals surface area contributed by atoms with Gasteiger partial charge in [-0.25, -0.2) is 4.79 Å². The van der Waals surface area contributed by atoms with Crippen LogP contribution in [-0.2, 0) is 20.2 Å². The molecule has 4 aromatic rings. The average Bonchev–Trinajstić information content (AvgIpc) is 2.95. The van der Waals surface area contributed by atoms with Gasteiger partial charge in [-0.05, 0) is 72.8 Å². The fourth-order valence-corrected chi connectivity index (χ4v) is 5.28. The summed E-state index contributed by atoms with van der Waals surface area (Å²) in [5.41, 5.74) is 0.737. The molecular weight excluding hydrogens is 560 g/mol. The Labute approximate surface area is 231 Å². The molecule has 4 aromatic carbocycles. The van der Waals surface area contributed by atoms with Crippen LogP contribution >= 0.6 is 0 Å². The summed E-state index contributed by atoms with van der Waals surface area (Å²) >= 11 is 0. The maximum atomic E-state index is 12.5. The van der Waals surface area contributed by atoms with Gasteiger partial charge < -0.3 is 28.5 Å². The van der Waals surface area contributed by atoms with Crippen molar-refractivity contribution in [3.63, 3.8) is 0 Å². The van der Waals surface area contributed by atoms with Gasteiger partial charge in [0.2, 0.25) is 0 Å². The predicted molar refractivity (Wildman–Crippen MR) is 147 cm³/mol. The maximum Gasteiger partial charge on any atom is 0.339 e. The van der Waals surface area contributed by atoms with E-state index in [-0.39, 0.29) is 21.3 Å². The van der Waals surface area contributed by atoms with E-state index in [2.05, 4.69) is 10.6 Å². The molecule has 40 heavy (non-hydrogen) atoms. The number of hydrogen-bond acceptors (Lipinski definition) is 9. The number of urea groups is 1. The molecule has 2 N–H and O–H groups in total. The Morgan fingerprint density at radius 1 is 0.550 bits per heavy atom. The molecule has 0 unspecified atom stereocenters. The second-order valence-electron chi connectivity index (χ2n) is 8.06. The van der Waals surface area contributed by atoms with E-state index in [1.165, 1.54) is 99.1 Å². The molecule has 0 fully saturated rings. The Morgan fingerprint density at radius 3 is 1.27 bits per heavy atom. The van der Waals surface area contributed by atoms with E-state index >= 15 is 0 Å². The Balaban J connectivity index is 1.33. The van der Waals surface area contributed by atoms with E-state index in [0.29, 0.717) is 22.9 Å². The molecule has 13 heteroatoms. The molecule has 4 rings (SSSR count). The largest absolute Gasteiger partial charge is 0.497 e. The minimum absolute atomic E-state index is 0.0493. The lowest BCUT2D eigenvalue weighted by Gasteiger charge is -2.11.